The third-order valence-electron chi connectivity index (χ3n) is 4.79. The standard InChI is InChI=1S/C22H22N2O6S/c1-13-18(20(25)26)19(15-6-10-17(30-3)11-7-15)24(22(27)28)21(23-13)31-12-14-4-8-16(29-2)9-5-14/h4-11,19H,12H2,1-3H3,(H,25,26)(H,27,28). The number of rotatable bonds is 6. The van der Waals surface area contributed by atoms with Gasteiger partial charge in [0.05, 0.1) is 25.5 Å². The molecule has 0 aromatic heterocycles. The van der Waals surface area contributed by atoms with Gasteiger partial charge in [0.2, 0.25) is 0 Å². The molecule has 3 rings (SSSR count). The second kappa shape index (κ2) is 9.57. The van der Waals surface area contributed by atoms with E-state index < -0.39 is 18.1 Å². The Bertz CT molecular complexity index is 1030. The van der Waals surface area contributed by atoms with E-state index in [2.05, 4.69) is 4.99 Å². The summed E-state index contributed by atoms with van der Waals surface area (Å²) in [6, 6.07) is 13.0. The van der Waals surface area contributed by atoms with Crippen LogP contribution >= 0.6 is 11.8 Å². The van der Waals surface area contributed by atoms with Crippen molar-refractivity contribution in [1.82, 2.24) is 4.90 Å². The van der Waals surface area contributed by atoms with Crippen LogP contribution in [0.1, 0.15) is 24.1 Å². The lowest BCUT2D eigenvalue weighted by molar-refractivity contribution is -0.133. The molecule has 2 N–H and O–H groups in total. The van der Waals surface area contributed by atoms with Gasteiger partial charge < -0.3 is 19.7 Å². The van der Waals surface area contributed by atoms with Crippen molar-refractivity contribution in [3.63, 3.8) is 0 Å². The van der Waals surface area contributed by atoms with Gasteiger partial charge in [-0.15, -0.1) is 0 Å². The van der Waals surface area contributed by atoms with Gasteiger partial charge in [-0.3, -0.25) is 0 Å². The smallest absolute Gasteiger partial charge is 0.414 e. The summed E-state index contributed by atoms with van der Waals surface area (Å²) in [5.41, 5.74) is 1.65. The molecule has 1 unspecified atom stereocenters. The second-order valence-electron chi connectivity index (χ2n) is 6.66. The zero-order chi connectivity index (χ0) is 22.5. The van der Waals surface area contributed by atoms with Gasteiger partial charge in [-0.1, -0.05) is 36.0 Å². The van der Waals surface area contributed by atoms with E-state index in [0.717, 1.165) is 16.2 Å². The van der Waals surface area contributed by atoms with E-state index in [1.807, 2.05) is 24.3 Å². The summed E-state index contributed by atoms with van der Waals surface area (Å²) in [4.78, 5) is 29.5. The molecule has 0 radical (unpaired) electrons. The van der Waals surface area contributed by atoms with Crippen molar-refractivity contribution in [3.8, 4) is 11.5 Å². The molecule has 1 heterocycles. The molecule has 0 saturated heterocycles. The van der Waals surface area contributed by atoms with Crippen LogP contribution in [0.15, 0.2) is 64.8 Å². The lowest BCUT2D eigenvalue weighted by Crippen LogP contribution is -2.42. The van der Waals surface area contributed by atoms with Gasteiger partial charge in [0, 0.05) is 5.75 Å². The van der Waals surface area contributed by atoms with Crippen molar-refractivity contribution >= 4 is 29.0 Å². The molecule has 8 nitrogen and oxygen atoms in total. The number of aliphatic carboxylic acids is 1. The normalized spacial score (nSPS) is 16.0. The van der Waals surface area contributed by atoms with Gasteiger partial charge >= 0.3 is 12.1 Å². The number of carboxylic acid groups (broad SMARTS) is 2. The topological polar surface area (TPSA) is 109 Å². The molecule has 1 aliphatic heterocycles. The maximum atomic E-state index is 12.2. The van der Waals surface area contributed by atoms with E-state index in [9.17, 15) is 19.8 Å². The van der Waals surface area contributed by atoms with Gasteiger partial charge in [-0.2, -0.15) is 0 Å². The molecule has 162 valence electrons. The average molecular weight is 442 g/mol. The van der Waals surface area contributed by atoms with E-state index in [0.29, 0.717) is 17.1 Å². The zero-order valence-corrected chi connectivity index (χ0v) is 18.0. The van der Waals surface area contributed by atoms with E-state index in [1.54, 1.807) is 38.3 Å². The fraction of sp³-hybridized carbons (Fsp3) is 0.227. The highest BCUT2D eigenvalue weighted by atomic mass is 32.2. The number of amides is 1. The Hall–Kier alpha value is -3.46. The first-order chi connectivity index (χ1) is 14.8. The van der Waals surface area contributed by atoms with Crippen molar-refractivity contribution in [2.45, 2.75) is 18.7 Å². The summed E-state index contributed by atoms with van der Waals surface area (Å²) >= 11 is 1.23. The second-order valence-corrected chi connectivity index (χ2v) is 7.61. The van der Waals surface area contributed by atoms with Gasteiger partial charge in [-0.05, 0) is 42.3 Å². The predicted octanol–water partition coefficient (Wildman–Crippen LogP) is 4.39. The molecule has 9 heteroatoms. The number of methoxy groups -OCH3 is 2. The fourth-order valence-corrected chi connectivity index (χ4v) is 4.24. The molecule has 2 aromatic rings. The van der Waals surface area contributed by atoms with Crippen LogP contribution in [0.4, 0.5) is 4.79 Å². The van der Waals surface area contributed by atoms with Gasteiger partial charge in [-0.25, -0.2) is 19.5 Å². The Morgan fingerprint density at radius 2 is 1.55 bits per heavy atom. The van der Waals surface area contributed by atoms with Crippen molar-refractivity contribution in [1.29, 1.82) is 0 Å². The Balaban J connectivity index is 1.98. The summed E-state index contributed by atoms with van der Waals surface area (Å²) in [5, 5.41) is 20.0. The van der Waals surface area contributed by atoms with E-state index in [-0.39, 0.29) is 16.4 Å². The Morgan fingerprint density at radius 1 is 1.00 bits per heavy atom. The summed E-state index contributed by atoms with van der Waals surface area (Å²) in [6.07, 6.45) is -1.28. The maximum Gasteiger partial charge on any atom is 0.414 e. The number of carbonyl (C=O) groups is 2. The number of amidine groups is 1. The molecule has 0 saturated carbocycles. The summed E-state index contributed by atoms with van der Waals surface area (Å²) in [7, 11) is 3.10. The van der Waals surface area contributed by atoms with E-state index in [4.69, 9.17) is 9.47 Å². The number of carboxylic acids is 1. The SMILES string of the molecule is COc1ccc(CSC2=NC(C)=C(C(=O)O)C(c3ccc(OC)cc3)N2C(=O)O)cc1. The number of benzene rings is 2. The van der Waals surface area contributed by atoms with Crippen molar-refractivity contribution in [2.75, 3.05) is 14.2 Å². The molecule has 0 aliphatic carbocycles. The fourth-order valence-electron chi connectivity index (χ4n) is 3.23. The van der Waals surface area contributed by atoms with Crippen LogP contribution in [-0.4, -0.2) is 46.6 Å². The van der Waals surface area contributed by atoms with Crippen molar-refractivity contribution < 1.29 is 29.3 Å². The molecule has 0 spiro atoms. The van der Waals surface area contributed by atoms with E-state index in [1.165, 1.54) is 18.9 Å². The monoisotopic (exact) mass is 442 g/mol. The van der Waals surface area contributed by atoms with Crippen molar-refractivity contribution in [2.24, 2.45) is 4.99 Å². The number of allylic oxidation sites excluding steroid dienone is 1. The highest BCUT2D eigenvalue weighted by molar-refractivity contribution is 8.13. The molecule has 0 bridgehead atoms. The van der Waals surface area contributed by atoms with Gasteiger partial charge in [0.1, 0.15) is 17.5 Å². The Labute approximate surface area is 183 Å². The molecular formula is C22H22N2O6S. The first-order valence-corrected chi connectivity index (χ1v) is 10.3. The maximum absolute atomic E-state index is 12.2. The number of hydrogen-bond acceptors (Lipinski definition) is 6. The van der Waals surface area contributed by atoms with Crippen LogP contribution in [-0.2, 0) is 10.5 Å². The lowest BCUT2D eigenvalue weighted by atomic mass is 9.95. The number of aliphatic imine (C=N–C) groups is 1. The summed E-state index contributed by atoms with van der Waals surface area (Å²) in [5.74, 6) is 0.548. The zero-order valence-electron chi connectivity index (χ0n) is 17.2. The quantitative estimate of drug-likeness (QED) is 0.683. The van der Waals surface area contributed by atoms with Gasteiger partial charge in [0.15, 0.2) is 5.17 Å². The largest absolute Gasteiger partial charge is 0.497 e. The third-order valence-corrected chi connectivity index (χ3v) is 5.81. The molecule has 1 aliphatic rings. The van der Waals surface area contributed by atoms with Crippen LogP contribution in [0.2, 0.25) is 0 Å². The van der Waals surface area contributed by atoms with E-state index >= 15 is 0 Å². The Morgan fingerprint density at radius 3 is 2.03 bits per heavy atom. The number of thioether (sulfide) groups is 1. The predicted molar refractivity (Wildman–Crippen MR) is 118 cm³/mol. The summed E-state index contributed by atoms with van der Waals surface area (Å²) in [6.45, 7) is 1.58. The number of ether oxygens (including phenoxy) is 2. The summed E-state index contributed by atoms with van der Waals surface area (Å²) < 4.78 is 10.3. The Kier molecular flexibility index (Phi) is 6.86. The van der Waals surface area contributed by atoms with Crippen LogP contribution < -0.4 is 9.47 Å². The van der Waals surface area contributed by atoms with Crippen LogP contribution in [0.5, 0.6) is 11.5 Å². The minimum Gasteiger partial charge on any atom is -0.497 e. The molecule has 2 aromatic carbocycles. The third kappa shape index (κ3) is 4.83. The highest BCUT2D eigenvalue weighted by Crippen LogP contribution is 2.38. The van der Waals surface area contributed by atoms with Crippen LogP contribution in [0.25, 0.3) is 0 Å². The molecule has 1 amide bonds. The number of nitrogens with zero attached hydrogens (tertiary/aromatic N) is 2. The minimum absolute atomic E-state index is 0.0821. The number of hydrogen-bond donors (Lipinski definition) is 2. The molecule has 1 atom stereocenters. The lowest BCUT2D eigenvalue weighted by Gasteiger charge is -2.34. The average Bonchev–Trinajstić information content (AvgIpc) is 2.77. The molecular weight excluding hydrogens is 420 g/mol. The van der Waals surface area contributed by atoms with Gasteiger partial charge in [0.25, 0.3) is 0 Å². The van der Waals surface area contributed by atoms with Crippen molar-refractivity contribution in [3.05, 3.63) is 70.9 Å². The molecule has 0 fully saturated rings. The van der Waals surface area contributed by atoms with Crippen LogP contribution in [0.3, 0.4) is 0 Å². The van der Waals surface area contributed by atoms with Crippen LogP contribution in [0, 0.1) is 0 Å². The minimum atomic E-state index is -1.28. The highest BCUT2D eigenvalue weighted by Gasteiger charge is 2.39. The first kappa shape index (κ1) is 22.2. The molecule has 31 heavy (non-hydrogen) atoms. The first-order valence-electron chi connectivity index (χ1n) is 9.30.